The molecule has 0 atom stereocenters. The first-order chi connectivity index (χ1) is 13.1. The molecule has 3 heterocycles. The minimum absolute atomic E-state index is 0.474. The van der Waals surface area contributed by atoms with Crippen LogP contribution >= 0.6 is 34.5 Å². The molecule has 0 radical (unpaired) electrons. The van der Waals surface area contributed by atoms with E-state index in [1.165, 1.54) is 0 Å². The maximum atomic E-state index is 6.38. The second-order valence-electron chi connectivity index (χ2n) is 6.02. The molecule has 5 nitrogen and oxygen atoms in total. The lowest BCUT2D eigenvalue weighted by Gasteiger charge is -2.28. The summed E-state index contributed by atoms with van der Waals surface area (Å²) in [6.07, 6.45) is 3.77. The molecular weight excluding hydrogens is 403 g/mol. The van der Waals surface area contributed by atoms with E-state index < -0.39 is 0 Å². The first kappa shape index (κ1) is 18.3. The number of aromatic nitrogens is 2. The Kier molecular flexibility index (Phi) is 5.06. The Morgan fingerprint density at radius 3 is 2.67 bits per heavy atom. The van der Waals surface area contributed by atoms with E-state index in [9.17, 15) is 0 Å². The standard InChI is InChI=1S/C19H16Cl2N4OS/c1-11-6-7-27-18(11)24-19-22-9-12-8-13(10-25(26-2)17(12)23-19)16-14(20)4-3-5-15(16)21/h3-9H,10H2,1-2H3,(H,22,23,24). The first-order valence-electron chi connectivity index (χ1n) is 8.21. The molecule has 0 bridgehead atoms. The van der Waals surface area contributed by atoms with Crippen LogP contribution in [0.15, 0.2) is 35.8 Å². The number of rotatable bonds is 4. The van der Waals surface area contributed by atoms with Crippen LogP contribution in [0.2, 0.25) is 10.0 Å². The smallest absolute Gasteiger partial charge is 0.229 e. The Bertz CT molecular complexity index is 1010. The molecule has 0 amide bonds. The highest BCUT2D eigenvalue weighted by atomic mass is 35.5. The molecule has 3 aromatic rings. The third kappa shape index (κ3) is 3.53. The molecule has 0 aliphatic carbocycles. The third-order valence-corrected chi connectivity index (χ3v) is 5.83. The van der Waals surface area contributed by atoms with Crippen molar-refractivity contribution in [3.63, 3.8) is 0 Å². The van der Waals surface area contributed by atoms with Crippen LogP contribution in [-0.2, 0) is 4.84 Å². The zero-order chi connectivity index (χ0) is 19.0. The van der Waals surface area contributed by atoms with E-state index in [1.807, 2.05) is 36.6 Å². The average molecular weight is 419 g/mol. The van der Waals surface area contributed by atoms with Crippen molar-refractivity contribution in [2.75, 3.05) is 24.0 Å². The summed E-state index contributed by atoms with van der Waals surface area (Å²) in [5.74, 6) is 1.21. The highest BCUT2D eigenvalue weighted by Crippen LogP contribution is 2.38. The molecule has 0 unspecified atom stereocenters. The van der Waals surface area contributed by atoms with Crippen LogP contribution in [0.5, 0.6) is 0 Å². The molecule has 4 rings (SSSR count). The number of anilines is 3. The molecule has 2 aromatic heterocycles. The molecule has 0 fully saturated rings. The van der Waals surface area contributed by atoms with Crippen molar-refractivity contribution in [1.82, 2.24) is 9.97 Å². The van der Waals surface area contributed by atoms with Gasteiger partial charge in [0.15, 0.2) is 5.82 Å². The van der Waals surface area contributed by atoms with Crippen molar-refractivity contribution in [3.8, 4) is 0 Å². The monoisotopic (exact) mass is 418 g/mol. The Morgan fingerprint density at radius 2 is 2.00 bits per heavy atom. The number of nitrogens with zero attached hydrogens (tertiary/aromatic N) is 3. The van der Waals surface area contributed by atoms with Gasteiger partial charge in [-0.3, -0.25) is 4.84 Å². The number of benzene rings is 1. The van der Waals surface area contributed by atoms with Crippen molar-refractivity contribution in [3.05, 3.63) is 62.6 Å². The molecule has 27 heavy (non-hydrogen) atoms. The van der Waals surface area contributed by atoms with Crippen LogP contribution in [0.25, 0.3) is 11.6 Å². The van der Waals surface area contributed by atoms with Crippen LogP contribution < -0.4 is 10.4 Å². The topological polar surface area (TPSA) is 50.3 Å². The van der Waals surface area contributed by atoms with Gasteiger partial charge in [-0.2, -0.15) is 4.98 Å². The van der Waals surface area contributed by atoms with Gasteiger partial charge in [-0.05, 0) is 47.7 Å². The number of hydroxylamine groups is 1. The van der Waals surface area contributed by atoms with Gasteiger partial charge < -0.3 is 5.32 Å². The number of hydrogen-bond acceptors (Lipinski definition) is 6. The lowest BCUT2D eigenvalue weighted by atomic mass is 10.0. The maximum Gasteiger partial charge on any atom is 0.229 e. The van der Waals surface area contributed by atoms with Gasteiger partial charge >= 0.3 is 0 Å². The third-order valence-electron chi connectivity index (χ3n) is 4.27. The second kappa shape index (κ2) is 7.48. The maximum absolute atomic E-state index is 6.38. The molecule has 1 aromatic carbocycles. The van der Waals surface area contributed by atoms with E-state index in [4.69, 9.17) is 28.0 Å². The quantitative estimate of drug-likeness (QED) is 0.578. The Morgan fingerprint density at radius 1 is 1.22 bits per heavy atom. The van der Waals surface area contributed by atoms with Crippen molar-refractivity contribution < 1.29 is 4.84 Å². The molecule has 1 N–H and O–H groups in total. The summed E-state index contributed by atoms with van der Waals surface area (Å²) in [6, 6.07) is 7.52. The van der Waals surface area contributed by atoms with Gasteiger partial charge in [-0.1, -0.05) is 29.3 Å². The summed E-state index contributed by atoms with van der Waals surface area (Å²) >= 11 is 14.4. The van der Waals surface area contributed by atoms with Gasteiger partial charge in [0.2, 0.25) is 5.95 Å². The molecule has 0 spiro atoms. The zero-order valence-electron chi connectivity index (χ0n) is 14.7. The van der Waals surface area contributed by atoms with Gasteiger partial charge in [0.1, 0.15) is 0 Å². The van der Waals surface area contributed by atoms with Crippen LogP contribution in [0.4, 0.5) is 16.8 Å². The molecule has 0 saturated carbocycles. The second-order valence-corrected chi connectivity index (χ2v) is 7.75. The summed E-state index contributed by atoms with van der Waals surface area (Å²) in [5.41, 5.74) is 3.73. The molecule has 8 heteroatoms. The van der Waals surface area contributed by atoms with Gasteiger partial charge in [0, 0.05) is 27.4 Å². The van der Waals surface area contributed by atoms with Gasteiger partial charge in [0.25, 0.3) is 0 Å². The summed E-state index contributed by atoms with van der Waals surface area (Å²) in [4.78, 5) is 14.6. The minimum atomic E-state index is 0.474. The van der Waals surface area contributed by atoms with E-state index in [0.717, 1.165) is 27.3 Å². The molecule has 138 valence electrons. The summed E-state index contributed by atoms with van der Waals surface area (Å²) in [6.45, 7) is 2.52. The van der Waals surface area contributed by atoms with Gasteiger partial charge in [0.05, 0.1) is 18.7 Å². The van der Waals surface area contributed by atoms with Crippen LogP contribution in [0.1, 0.15) is 16.7 Å². The number of halogens is 2. The predicted molar refractivity (Wildman–Crippen MR) is 113 cm³/mol. The summed E-state index contributed by atoms with van der Waals surface area (Å²) in [5, 5.41) is 9.21. The molecule has 0 saturated heterocycles. The zero-order valence-corrected chi connectivity index (χ0v) is 17.0. The minimum Gasteiger partial charge on any atom is -0.315 e. The number of thiophene rings is 1. The molecule has 1 aliphatic rings. The number of aryl methyl sites for hydroxylation is 1. The largest absolute Gasteiger partial charge is 0.315 e. The fourth-order valence-corrected chi connectivity index (χ4v) is 4.37. The number of nitrogens with one attached hydrogen (secondary N) is 1. The van der Waals surface area contributed by atoms with Crippen molar-refractivity contribution in [2.24, 2.45) is 0 Å². The average Bonchev–Trinajstić information content (AvgIpc) is 3.05. The van der Waals surface area contributed by atoms with Crippen LogP contribution in [-0.4, -0.2) is 23.6 Å². The number of fused-ring (bicyclic) bond motifs is 1. The fourth-order valence-electron chi connectivity index (χ4n) is 2.92. The van der Waals surface area contributed by atoms with Crippen molar-refractivity contribution in [1.29, 1.82) is 0 Å². The Hall–Kier alpha value is -2.12. The van der Waals surface area contributed by atoms with E-state index in [0.29, 0.717) is 28.4 Å². The van der Waals surface area contributed by atoms with E-state index in [-0.39, 0.29) is 0 Å². The highest BCUT2D eigenvalue weighted by Gasteiger charge is 2.24. The Labute approximate surface area is 171 Å². The summed E-state index contributed by atoms with van der Waals surface area (Å²) < 4.78 is 0. The Balaban J connectivity index is 1.74. The van der Waals surface area contributed by atoms with Gasteiger partial charge in [-0.25, -0.2) is 10.0 Å². The lowest BCUT2D eigenvalue weighted by Crippen LogP contribution is -2.28. The van der Waals surface area contributed by atoms with Gasteiger partial charge in [-0.15, -0.1) is 11.3 Å². The van der Waals surface area contributed by atoms with Crippen molar-refractivity contribution >= 4 is 63.0 Å². The van der Waals surface area contributed by atoms with Crippen molar-refractivity contribution in [2.45, 2.75) is 6.92 Å². The normalized spacial score (nSPS) is 13.3. The summed E-state index contributed by atoms with van der Waals surface area (Å²) in [7, 11) is 1.61. The van der Waals surface area contributed by atoms with Crippen LogP contribution in [0, 0.1) is 6.92 Å². The van der Waals surface area contributed by atoms with E-state index in [2.05, 4.69) is 21.4 Å². The predicted octanol–water partition coefficient (Wildman–Crippen LogP) is 5.82. The first-order valence-corrected chi connectivity index (χ1v) is 9.85. The SMILES string of the molecule is CON1CC(c2c(Cl)cccc2Cl)=Cc2cnc(Nc3sccc3C)nc21. The van der Waals surface area contributed by atoms with E-state index in [1.54, 1.807) is 29.7 Å². The molecule has 1 aliphatic heterocycles. The van der Waals surface area contributed by atoms with E-state index >= 15 is 0 Å². The lowest BCUT2D eigenvalue weighted by molar-refractivity contribution is 0.173. The fraction of sp³-hybridized carbons (Fsp3) is 0.158. The van der Waals surface area contributed by atoms with Crippen LogP contribution in [0.3, 0.4) is 0 Å². The highest BCUT2D eigenvalue weighted by molar-refractivity contribution is 7.14. The molecular formula is C19H16Cl2N4OS. The number of hydrogen-bond donors (Lipinski definition) is 1.